The first-order chi connectivity index (χ1) is 8.08. The lowest BCUT2D eigenvalue weighted by molar-refractivity contribution is -0.131. The second kappa shape index (κ2) is 4.45. The predicted octanol–water partition coefficient (Wildman–Crippen LogP) is 3.02. The van der Waals surface area contributed by atoms with Gasteiger partial charge in [0.2, 0.25) is 0 Å². The van der Waals surface area contributed by atoms with E-state index >= 15 is 0 Å². The molecule has 1 aromatic heterocycles. The summed E-state index contributed by atoms with van der Waals surface area (Å²) in [5, 5.41) is 0. The summed E-state index contributed by atoms with van der Waals surface area (Å²) in [6.45, 7) is 5.39. The van der Waals surface area contributed by atoms with Crippen LogP contribution in [0.1, 0.15) is 18.2 Å². The number of carbonyl (C=O) groups excluding carboxylic acids is 1. The number of aromatic nitrogens is 1. The number of rotatable bonds is 2. The van der Waals surface area contributed by atoms with Crippen LogP contribution in [0.25, 0.3) is 5.69 Å². The van der Waals surface area contributed by atoms with E-state index in [0.717, 1.165) is 16.9 Å². The molecule has 0 amide bonds. The van der Waals surface area contributed by atoms with Gasteiger partial charge in [-0.25, -0.2) is 0 Å². The molecule has 3 nitrogen and oxygen atoms in total. The largest absolute Gasteiger partial charge is 0.424 e. The Bertz CT molecular complexity index is 555. The van der Waals surface area contributed by atoms with Crippen molar-refractivity contribution in [3.8, 4) is 11.4 Å². The third kappa shape index (κ3) is 2.38. The van der Waals surface area contributed by atoms with Crippen molar-refractivity contribution in [2.45, 2.75) is 20.8 Å². The number of carbonyl (C=O) groups is 1. The van der Waals surface area contributed by atoms with Crippen molar-refractivity contribution in [3.05, 3.63) is 47.8 Å². The highest BCUT2D eigenvalue weighted by atomic mass is 16.5. The van der Waals surface area contributed by atoms with Crippen LogP contribution in [0.2, 0.25) is 0 Å². The van der Waals surface area contributed by atoms with Crippen molar-refractivity contribution >= 4 is 5.97 Å². The van der Waals surface area contributed by atoms with Crippen LogP contribution in [0, 0.1) is 13.8 Å². The molecule has 0 aliphatic heterocycles. The van der Waals surface area contributed by atoms with E-state index in [1.165, 1.54) is 6.92 Å². The van der Waals surface area contributed by atoms with Crippen LogP contribution in [-0.4, -0.2) is 10.5 Å². The van der Waals surface area contributed by atoms with E-state index in [2.05, 4.69) is 0 Å². The van der Waals surface area contributed by atoms with E-state index in [1.54, 1.807) is 0 Å². The Morgan fingerprint density at radius 3 is 2.59 bits per heavy atom. The first kappa shape index (κ1) is 11.5. The zero-order valence-electron chi connectivity index (χ0n) is 10.2. The molecule has 0 aliphatic rings. The van der Waals surface area contributed by atoms with Crippen molar-refractivity contribution in [3.63, 3.8) is 0 Å². The Balaban J connectivity index is 2.53. The van der Waals surface area contributed by atoms with Gasteiger partial charge in [0, 0.05) is 18.8 Å². The third-order valence-electron chi connectivity index (χ3n) is 2.58. The summed E-state index contributed by atoms with van der Waals surface area (Å²) in [6, 6.07) is 9.81. The summed E-state index contributed by atoms with van der Waals surface area (Å²) in [5.74, 6) is 0.290. The average Bonchev–Trinajstić information content (AvgIpc) is 2.64. The van der Waals surface area contributed by atoms with Crippen LogP contribution in [0.5, 0.6) is 5.75 Å². The minimum Gasteiger partial charge on any atom is -0.424 e. The standard InChI is InChI=1S/C14H15NO2/c1-10-6-7-13(14(9-10)17-12(3)16)15-8-4-5-11(15)2/h4-9H,1-3H3. The van der Waals surface area contributed by atoms with Gasteiger partial charge in [0.15, 0.2) is 5.75 Å². The molecule has 2 rings (SSSR count). The van der Waals surface area contributed by atoms with Gasteiger partial charge in [-0.05, 0) is 43.7 Å². The second-order valence-electron chi connectivity index (χ2n) is 4.08. The maximum absolute atomic E-state index is 11.1. The zero-order valence-corrected chi connectivity index (χ0v) is 10.2. The van der Waals surface area contributed by atoms with E-state index in [9.17, 15) is 4.79 Å². The molecule has 3 heteroatoms. The second-order valence-corrected chi connectivity index (χ2v) is 4.08. The Labute approximate surface area is 101 Å². The van der Waals surface area contributed by atoms with Crippen molar-refractivity contribution in [2.75, 3.05) is 0 Å². The highest BCUT2D eigenvalue weighted by molar-refractivity contribution is 5.71. The number of hydrogen-bond acceptors (Lipinski definition) is 2. The van der Waals surface area contributed by atoms with Gasteiger partial charge in [-0.3, -0.25) is 4.79 Å². The average molecular weight is 229 g/mol. The van der Waals surface area contributed by atoms with Gasteiger partial charge in [0.05, 0.1) is 5.69 Å². The summed E-state index contributed by atoms with van der Waals surface area (Å²) in [6.07, 6.45) is 1.95. The summed E-state index contributed by atoms with van der Waals surface area (Å²) in [7, 11) is 0. The lowest BCUT2D eigenvalue weighted by atomic mass is 10.2. The quantitative estimate of drug-likeness (QED) is 0.585. The van der Waals surface area contributed by atoms with E-state index in [0.29, 0.717) is 5.75 Å². The molecule has 2 aromatic rings. The van der Waals surface area contributed by atoms with Crippen LogP contribution in [0.15, 0.2) is 36.5 Å². The molecular weight excluding hydrogens is 214 g/mol. The first-order valence-corrected chi connectivity index (χ1v) is 5.51. The summed E-state index contributed by atoms with van der Waals surface area (Å²) >= 11 is 0. The van der Waals surface area contributed by atoms with Gasteiger partial charge in [-0.1, -0.05) is 6.07 Å². The maximum atomic E-state index is 11.1. The fraction of sp³-hybridized carbons (Fsp3) is 0.214. The molecule has 0 radical (unpaired) electrons. The molecule has 0 unspecified atom stereocenters. The Hall–Kier alpha value is -2.03. The molecule has 1 aromatic carbocycles. The molecule has 0 saturated carbocycles. The van der Waals surface area contributed by atoms with Gasteiger partial charge in [0.25, 0.3) is 0 Å². The summed E-state index contributed by atoms with van der Waals surface area (Å²) in [5.41, 5.74) is 3.05. The molecule has 0 saturated heterocycles. The van der Waals surface area contributed by atoms with Crippen LogP contribution < -0.4 is 4.74 Å². The molecule has 0 bridgehead atoms. The lowest BCUT2D eigenvalue weighted by Gasteiger charge is -2.12. The van der Waals surface area contributed by atoms with Crippen molar-refractivity contribution in [2.24, 2.45) is 0 Å². The van der Waals surface area contributed by atoms with Gasteiger partial charge in [0.1, 0.15) is 0 Å². The van der Waals surface area contributed by atoms with Crippen molar-refractivity contribution < 1.29 is 9.53 Å². The van der Waals surface area contributed by atoms with Crippen molar-refractivity contribution in [1.82, 2.24) is 4.57 Å². The Morgan fingerprint density at radius 1 is 1.24 bits per heavy atom. The fourth-order valence-corrected chi connectivity index (χ4v) is 1.79. The van der Waals surface area contributed by atoms with Crippen LogP contribution in [-0.2, 0) is 4.79 Å². The first-order valence-electron chi connectivity index (χ1n) is 5.51. The summed E-state index contributed by atoms with van der Waals surface area (Å²) < 4.78 is 7.24. The predicted molar refractivity (Wildman–Crippen MR) is 66.6 cm³/mol. The fourth-order valence-electron chi connectivity index (χ4n) is 1.79. The number of hydrogen-bond donors (Lipinski definition) is 0. The Kier molecular flexibility index (Phi) is 3.00. The highest BCUT2D eigenvalue weighted by Crippen LogP contribution is 2.26. The van der Waals surface area contributed by atoms with Crippen LogP contribution in [0.3, 0.4) is 0 Å². The van der Waals surface area contributed by atoms with Gasteiger partial charge in [-0.2, -0.15) is 0 Å². The number of benzene rings is 1. The van der Waals surface area contributed by atoms with Gasteiger partial charge >= 0.3 is 5.97 Å². The monoisotopic (exact) mass is 229 g/mol. The number of nitrogens with zero attached hydrogens (tertiary/aromatic N) is 1. The maximum Gasteiger partial charge on any atom is 0.308 e. The number of ether oxygens (including phenoxy) is 1. The topological polar surface area (TPSA) is 31.2 Å². The minimum absolute atomic E-state index is 0.304. The highest BCUT2D eigenvalue weighted by Gasteiger charge is 2.09. The van der Waals surface area contributed by atoms with Crippen LogP contribution >= 0.6 is 0 Å². The molecule has 0 N–H and O–H groups in total. The lowest BCUT2D eigenvalue weighted by Crippen LogP contribution is -2.06. The molecule has 0 atom stereocenters. The molecule has 0 spiro atoms. The molecule has 0 fully saturated rings. The van der Waals surface area contributed by atoms with E-state index in [-0.39, 0.29) is 5.97 Å². The van der Waals surface area contributed by atoms with E-state index in [1.807, 2.05) is 54.9 Å². The molecule has 0 aliphatic carbocycles. The molecule has 17 heavy (non-hydrogen) atoms. The zero-order chi connectivity index (χ0) is 12.4. The molecule has 1 heterocycles. The van der Waals surface area contributed by atoms with Crippen molar-refractivity contribution in [1.29, 1.82) is 0 Å². The Morgan fingerprint density at radius 2 is 2.00 bits per heavy atom. The molecule has 88 valence electrons. The van der Waals surface area contributed by atoms with Gasteiger partial charge in [-0.15, -0.1) is 0 Å². The SMILES string of the molecule is CC(=O)Oc1cc(C)ccc1-n1cccc1C. The van der Waals surface area contributed by atoms with Crippen LogP contribution in [0.4, 0.5) is 0 Å². The smallest absolute Gasteiger partial charge is 0.308 e. The number of esters is 1. The number of aryl methyl sites for hydroxylation is 2. The molecular formula is C14H15NO2. The summed E-state index contributed by atoms with van der Waals surface area (Å²) in [4.78, 5) is 11.1. The normalized spacial score (nSPS) is 10.3. The minimum atomic E-state index is -0.304. The van der Waals surface area contributed by atoms with E-state index in [4.69, 9.17) is 4.74 Å². The third-order valence-corrected chi connectivity index (χ3v) is 2.58. The van der Waals surface area contributed by atoms with Gasteiger partial charge < -0.3 is 9.30 Å². The van der Waals surface area contributed by atoms with E-state index < -0.39 is 0 Å².